The second-order valence-corrected chi connectivity index (χ2v) is 14.7. The van der Waals surface area contributed by atoms with Gasteiger partial charge in [-0.25, -0.2) is 23.4 Å². The number of rotatable bonds is 9. The van der Waals surface area contributed by atoms with Gasteiger partial charge in [0.1, 0.15) is 0 Å². The third-order valence-corrected chi connectivity index (χ3v) is 10.3. The van der Waals surface area contributed by atoms with Gasteiger partial charge in [0.25, 0.3) is 0 Å². The van der Waals surface area contributed by atoms with Crippen LogP contribution in [0.3, 0.4) is 0 Å². The van der Waals surface area contributed by atoms with Gasteiger partial charge in [0, 0.05) is 55.9 Å². The van der Waals surface area contributed by atoms with Gasteiger partial charge in [-0.15, -0.1) is 11.3 Å². The van der Waals surface area contributed by atoms with Crippen molar-refractivity contribution < 1.29 is 17.9 Å². The van der Waals surface area contributed by atoms with Crippen LogP contribution in [-0.2, 0) is 26.9 Å². The van der Waals surface area contributed by atoms with Crippen molar-refractivity contribution in [2.75, 3.05) is 51.6 Å². The van der Waals surface area contributed by atoms with Crippen molar-refractivity contribution >= 4 is 37.3 Å². The van der Waals surface area contributed by atoms with E-state index >= 15 is 0 Å². The van der Waals surface area contributed by atoms with E-state index in [0.717, 1.165) is 85.8 Å². The predicted molar refractivity (Wildman–Crippen MR) is 161 cm³/mol. The molecule has 0 bridgehead atoms. The highest BCUT2D eigenvalue weighted by molar-refractivity contribution is 7.89. The van der Waals surface area contributed by atoms with Gasteiger partial charge in [-0.05, 0) is 76.4 Å². The molecule has 9 nitrogen and oxygen atoms in total. The first-order valence-corrected chi connectivity index (χ1v) is 17.0. The summed E-state index contributed by atoms with van der Waals surface area (Å²) >= 11 is 1.65. The topological polar surface area (TPSA) is 97.8 Å². The SMILES string of the molecule is COc1ncc(-c2nc(N3CCCCC3)nc3c(CN4CCC(C(C)(C)OC)CC4)csc23)cc1CS(C)(=O)=O. The van der Waals surface area contributed by atoms with E-state index in [1.807, 2.05) is 13.2 Å². The van der Waals surface area contributed by atoms with Crippen LogP contribution in [0.25, 0.3) is 21.5 Å². The van der Waals surface area contributed by atoms with E-state index in [0.29, 0.717) is 17.4 Å². The van der Waals surface area contributed by atoms with Crippen molar-refractivity contribution in [3.63, 3.8) is 0 Å². The van der Waals surface area contributed by atoms with Gasteiger partial charge < -0.3 is 14.4 Å². The lowest BCUT2D eigenvalue weighted by Gasteiger charge is -2.39. The number of piperidine rings is 2. The second-order valence-electron chi connectivity index (χ2n) is 11.7. The molecule has 0 aromatic carbocycles. The second kappa shape index (κ2) is 11.9. The molecule has 11 heteroatoms. The Bertz CT molecular complexity index is 1440. The number of pyridine rings is 1. The zero-order valence-corrected chi connectivity index (χ0v) is 25.9. The van der Waals surface area contributed by atoms with Crippen LogP contribution in [0.5, 0.6) is 5.88 Å². The lowest BCUT2D eigenvalue weighted by molar-refractivity contribution is -0.0492. The van der Waals surface area contributed by atoms with Crippen molar-refractivity contribution in [2.24, 2.45) is 5.92 Å². The molecule has 0 unspecified atom stereocenters. The van der Waals surface area contributed by atoms with E-state index in [-0.39, 0.29) is 11.4 Å². The molecule has 2 saturated heterocycles. The number of fused-ring (bicyclic) bond motifs is 1. The number of nitrogens with zero attached hydrogens (tertiary/aromatic N) is 5. The van der Waals surface area contributed by atoms with Crippen molar-refractivity contribution in [2.45, 2.75) is 63.9 Å². The average molecular weight is 588 g/mol. The molecule has 0 N–H and O–H groups in total. The monoisotopic (exact) mass is 587 g/mol. The van der Waals surface area contributed by atoms with E-state index in [4.69, 9.17) is 19.4 Å². The molecular weight excluding hydrogens is 546 g/mol. The molecule has 3 aromatic rings. The summed E-state index contributed by atoms with van der Waals surface area (Å²) in [5, 5.41) is 2.21. The average Bonchev–Trinajstić information content (AvgIpc) is 3.35. The van der Waals surface area contributed by atoms with E-state index in [1.54, 1.807) is 17.5 Å². The smallest absolute Gasteiger partial charge is 0.226 e. The summed E-state index contributed by atoms with van der Waals surface area (Å²) in [6.45, 7) is 9.16. The number of sulfone groups is 1. The Balaban J connectivity index is 1.51. The summed E-state index contributed by atoms with van der Waals surface area (Å²) in [6.07, 6.45) is 8.66. The van der Waals surface area contributed by atoms with Crippen LogP contribution in [0.4, 0.5) is 5.95 Å². The fourth-order valence-corrected chi connectivity index (χ4v) is 7.67. The van der Waals surface area contributed by atoms with Crippen LogP contribution < -0.4 is 9.64 Å². The highest BCUT2D eigenvalue weighted by Crippen LogP contribution is 2.38. The number of methoxy groups -OCH3 is 2. The lowest BCUT2D eigenvalue weighted by atomic mass is 9.83. The molecule has 5 heterocycles. The molecule has 218 valence electrons. The molecule has 0 amide bonds. The third-order valence-electron chi connectivity index (χ3n) is 8.42. The van der Waals surface area contributed by atoms with Crippen molar-refractivity contribution in [3.8, 4) is 17.1 Å². The molecule has 0 atom stereocenters. The van der Waals surface area contributed by atoms with Gasteiger partial charge in [0.15, 0.2) is 9.84 Å². The summed E-state index contributed by atoms with van der Waals surface area (Å²) in [5.41, 5.74) is 4.20. The maximum absolute atomic E-state index is 12.1. The molecule has 5 rings (SSSR count). The van der Waals surface area contributed by atoms with Gasteiger partial charge in [-0.2, -0.15) is 0 Å². The maximum Gasteiger partial charge on any atom is 0.226 e. The molecule has 2 fully saturated rings. The van der Waals surface area contributed by atoms with Gasteiger partial charge in [0.05, 0.1) is 34.4 Å². The minimum atomic E-state index is -3.28. The summed E-state index contributed by atoms with van der Waals surface area (Å²) in [6, 6.07) is 1.86. The normalized spacial score (nSPS) is 18.0. The van der Waals surface area contributed by atoms with Crippen molar-refractivity contribution in [1.29, 1.82) is 0 Å². The van der Waals surface area contributed by atoms with Crippen LogP contribution in [0, 0.1) is 5.92 Å². The number of hydrogen-bond acceptors (Lipinski definition) is 10. The Morgan fingerprint density at radius 3 is 2.42 bits per heavy atom. The van der Waals surface area contributed by atoms with E-state index in [9.17, 15) is 8.42 Å². The Morgan fingerprint density at radius 1 is 1.05 bits per heavy atom. The summed E-state index contributed by atoms with van der Waals surface area (Å²) < 4.78 is 36.5. The van der Waals surface area contributed by atoms with E-state index in [2.05, 4.69) is 34.0 Å². The maximum atomic E-state index is 12.1. The third kappa shape index (κ3) is 6.42. The molecule has 0 aliphatic carbocycles. The first-order chi connectivity index (χ1) is 19.1. The molecule has 3 aromatic heterocycles. The molecule has 40 heavy (non-hydrogen) atoms. The van der Waals surface area contributed by atoms with Crippen LogP contribution >= 0.6 is 11.3 Å². The first kappa shape index (κ1) is 29.2. The Morgan fingerprint density at radius 2 is 1.77 bits per heavy atom. The summed E-state index contributed by atoms with van der Waals surface area (Å²) in [4.78, 5) is 19.5. The molecule has 0 saturated carbocycles. The van der Waals surface area contributed by atoms with E-state index in [1.165, 1.54) is 25.3 Å². The molecule has 0 radical (unpaired) electrons. The molecule has 2 aliphatic heterocycles. The first-order valence-electron chi connectivity index (χ1n) is 14.1. The highest BCUT2D eigenvalue weighted by atomic mass is 32.2. The Hall–Kier alpha value is -2.34. The number of aromatic nitrogens is 3. The summed E-state index contributed by atoms with van der Waals surface area (Å²) in [7, 11) is 0.0431. The number of thiophene rings is 1. The van der Waals surface area contributed by atoms with Gasteiger partial charge >= 0.3 is 0 Å². The Labute approximate surface area is 241 Å². The Kier molecular flexibility index (Phi) is 8.66. The zero-order chi connectivity index (χ0) is 28.5. The van der Waals surface area contributed by atoms with Gasteiger partial charge in [-0.3, -0.25) is 4.90 Å². The fraction of sp³-hybridized carbons (Fsp3) is 0.621. The zero-order valence-electron chi connectivity index (χ0n) is 24.3. The minimum absolute atomic E-state index is 0.102. The minimum Gasteiger partial charge on any atom is -0.481 e. The fourth-order valence-electron chi connectivity index (χ4n) is 5.89. The predicted octanol–water partition coefficient (Wildman–Crippen LogP) is 4.93. The standard InChI is InChI=1S/C29H41N5O4S2/c1-29(2,38-4)23-9-13-33(14-10-23)17-22-18-39-26-24(31-28(32-25(22)26)34-11-7-6-8-12-34)20-15-21(19-40(5,35)36)27(37-3)30-16-20/h15-16,18,23H,6-14,17,19H2,1-5H3. The van der Waals surface area contributed by atoms with Crippen LogP contribution in [0.15, 0.2) is 17.6 Å². The number of hydrogen-bond donors (Lipinski definition) is 0. The highest BCUT2D eigenvalue weighted by Gasteiger charge is 2.33. The number of ether oxygens (including phenoxy) is 2. The van der Waals surface area contributed by atoms with Crippen molar-refractivity contribution in [3.05, 3.63) is 28.8 Å². The lowest BCUT2D eigenvalue weighted by Crippen LogP contribution is -2.42. The quantitative estimate of drug-likeness (QED) is 0.345. The number of anilines is 1. The van der Waals surface area contributed by atoms with Gasteiger partial charge in [0.2, 0.25) is 11.8 Å². The van der Waals surface area contributed by atoms with E-state index < -0.39 is 9.84 Å². The van der Waals surface area contributed by atoms with Crippen LogP contribution in [-0.4, -0.2) is 80.5 Å². The molecular formula is C29H41N5O4S2. The summed E-state index contributed by atoms with van der Waals surface area (Å²) in [5.74, 6) is 1.47. The van der Waals surface area contributed by atoms with Crippen LogP contribution in [0.2, 0.25) is 0 Å². The molecule has 0 spiro atoms. The van der Waals surface area contributed by atoms with Gasteiger partial charge in [-0.1, -0.05) is 0 Å². The van der Waals surface area contributed by atoms with Crippen LogP contribution in [0.1, 0.15) is 57.1 Å². The van der Waals surface area contributed by atoms with Crippen molar-refractivity contribution in [1.82, 2.24) is 19.9 Å². The largest absolute Gasteiger partial charge is 0.481 e. The number of likely N-dealkylation sites (tertiary alicyclic amines) is 1. The molecule has 2 aliphatic rings.